The molecule has 0 bridgehead atoms. The van der Waals surface area contributed by atoms with Gasteiger partial charge in [-0.15, -0.1) is 0 Å². The Morgan fingerprint density at radius 2 is 1.15 bits per heavy atom. The van der Waals surface area contributed by atoms with Crippen molar-refractivity contribution in [2.24, 2.45) is 5.92 Å². The standard InChI is InChI=1S/C35H50N2O2/c1-4-6-8-10-12-14-24-38-27-29(3)28-39-34-22-20-32(21-23-34)31-16-18-33(19-17-31)35-36-25-30(26-37-35)15-13-11-9-7-5-2/h16-23,25-26,29H,4-15,24,27-28H2,1-3H3/t29-/m1/s1. The van der Waals surface area contributed by atoms with Gasteiger partial charge < -0.3 is 9.47 Å². The molecule has 4 nitrogen and oxygen atoms in total. The van der Waals surface area contributed by atoms with E-state index < -0.39 is 0 Å². The van der Waals surface area contributed by atoms with E-state index in [9.17, 15) is 0 Å². The van der Waals surface area contributed by atoms with Crippen LogP contribution >= 0.6 is 0 Å². The monoisotopic (exact) mass is 530 g/mol. The van der Waals surface area contributed by atoms with Crippen LogP contribution in [0.2, 0.25) is 0 Å². The van der Waals surface area contributed by atoms with Crippen LogP contribution in [0.3, 0.4) is 0 Å². The minimum absolute atomic E-state index is 0.374. The van der Waals surface area contributed by atoms with Crippen molar-refractivity contribution in [3.8, 4) is 28.3 Å². The highest BCUT2D eigenvalue weighted by Crippen LogP contribution is 2.25. The summed E-state index contributed by atoms with van der Waals surface area (Å²) in [5, 5.41) is 0. The van der Waals surface area contributed by atoms with Crippen LogP contribution in [0.1, 0.15) is 97.0 Å². The van der Waals surface area contributed by atoms with Crippen LogP contribution in [0, 0.1) is 5.92 Å². The van der Waals surface area contributed by atoms with Crippen molar-refractivity contribution in [1.29, 1.82) is 0 Å². The predicted octanol–water partition coefficient (Wildman–Crippen LogP) is 9.72. The van der Waals surface area contributed by atoms with Gasteiger partial charge in [0.25, 0.3) is 0 Å². The topological polar surface area (TPSA) is 44.2 Å². The molecule has 0 spiro atoms. The third-order valence-corrected chi connectivity index (χ3v) is 7.18. The van der Waals surface area contributed by atoms with Crippen LogP contribution in [-0.4, -0.2) is 29.8 Å². The van der Waals surface area contributed by atoms with Crippen LogP contribution < -0.4 is 4.74 Å². The van der Waals surface area contributed by atoms with Crippen LogP contribution in [0.15, 0.2) is 60.9 Å². The first kappa shape index (κ1) is 30.8. The van der Waals surface area contributed by atoms with Crippen LogP contribution in [0.5, 0.6) is 5.75 Å². The van der Waals surface area contributed by atoms with Crippen molar-refractivity contribution in [2.75, 3.05) is 19.8 Å². The van der Waals surface area contributed by atoms with Crippen LogP contribution in [-0.2, 0) is 11.2 Å². The molecule has 1 heterocycles. The van der Waals surface area contributed by atoms with Gasteiger partial charge in [-0.2, -0.15) is 0 Å². The van der Waals surface area contributed by atoms with E-state index in [1.165, 1.54) is 80.9 Å². The Bertz CT molecular complexity index is 1020. The number of aromatic nitrogens is 2. The van der Waals surface area contributed by atoms with E-state index in [4.69, 9.17) is 9.47 Å². The van der Waals surface area contributed by atoms with E-state index in [0.29, 0.717) is 12.5 Å². The Hall–Kier alpha value is -2.72. The Kier molecular flexibility index (Phi) is 14.7. The Labute approximate surface area is 237 Å². The summed E-state index contributed by atoms with van der Waals surface area (Å²) in [4.78, 5) is 9.23. The van der Waals surface area contributed by atoms with Gasteiger partial charge in [0.05, 0.1) is 13.2 Å². The third kappa shape index (κ3) is 11.9. The zero-order valence-electron chi connectivity index (χ0n) is 24.7. The van der Waals surface area contributed by atoms with Crippen molar-refractivity contribution in [1.82, 2.24) is 9.97 Å². The molecule has 0 N–H and O–H groups in total. The lowest BCUT2D eigenvalue weighted by molar-refractivity contribution is 0.0823. The van der Waals surface area contributed by atoms with E-state index in [1.54, 1.807) is 0 Å². The molecule has 39 heavy (non-hydrogen) atoms. The molecule has 0 saturated carbocycles. The van der Waals surface area contributed by atoms with E-state index in [2.05, 4.69) is 79.3 Å². The molecule has 1 aromatic heterocycles. The molecule has 0 saturated heterocycles. The van der Waals surface area contributed by atoms with Gasteiger partial charge in [-0.25, -0.2) is 9.97 Å². The fraction of sp³-hybridized carbons (Fsp3) is 0.543. The summed E-state index contributed by atoms with van der Waals surface area (Å²) in [7, 11) is 0. The maximum atomic E-state index is 6.01. The molecule has 0 radical (unpaired) electrons. The SMILES string of the molecule is CCCCCCCCOC[C@@H](C)COc1ccc(-c2ccc(-c3ncc(CCCCCCC)cn3)cc2)cc1. The Morgan fingerprint density at radius 1 is 0.615 bits per heavy atom. The number of benzene rings is 2. The summed E-state index contributed by atoms with van der Waals surface area (Å²) in [5.74, 6) is 2.06. The molecule has 3 rings (SSSR count). The summed E-state index contributed by atoms with van der Waals surface area (Å²) < 4.78 is 11.9. The number of hydrogen-bond donors (Lipinski definition) is 0. The fourth-order valence-electron chi connectivity index (χ4n) is 4.68. The van der Waals surface area contributed by atoms with Gasteiger partial charge in [0.15, 0.2) is 5.82 Å². The molecule has 4 heteroatoms. The Morgan fingerprint density at radius 3 is 1.79 bits per heavy atom. The molecule has 3 aromatic rings. The molecule has 212 valence electrons. The molecule has 0 aliphatic heterocycles. The van der Waals surface area contributed by atoms with Gasteiger partial charge in [0, 0.05) is 30.5 Å². The largest absolute Gasteiger partial charge is 0.493 e. The first-order chi connectivity index (χ1) is 19.2. The Balaban J connectivity index is 1.38. The zero-order valence-corrected chi connectivity index (χ0v) is 24.7. The highest BCUT2D eigenvalue weighted by atomic mass is 16.5. The number of rotatable bonds is 20. The number of ether oxygens (including phenoxy) is 2. The van der Waals surface area contributed by atoms with Gasteiger partial charge >= 0.3 is 0 Å². The molecule has 0 unspecified atom stereocenters. The smallest absolute Gasteiger partial charge is 0.159 e. The summed E-state index contributed by atoms with van der Waals surface area (Å²) >= 11 is 0. The highest BCUT2D eigenvalue weighted by molar-refractivity contribution is 5.68. The van der Waals surface area contributed by atoms with Crippen molar-refractivity contribution >= 4 is 0 Å². The molecule has 1 atom stereocenters. The van der Waals surface area contributed by atoms with Crippen molar-refractivity contribution < 1.29 is 9.47 Å². The minimum Gasteiger partial charge on any atom is -0.493 e. The van der Waals surface area contributed by atoms with E-state index in [-0.39, 0.29) is 0 Å². The summed E-state index contributed by atoms with van der Waals surface area (Å²) in [6.07, 6.45) is 19.3. The first-order valence-corrected chi connectivity index (χ1v) is 15.4. The van der Waals surface area contributed by atoms with Gasteiger partial charge in [-0.3, -0.25) is 0 Å². The quantitative estimate of drug-likeness (QED) is 0.136. The molecule has 2 aromatic carbocycles. The predicted molar refractivity (Wildman–Crippen MR) is 164 cm³/mol. The lowest BCUT2D eigenvalue weighted by Gasteiger charge is -2.14. The molecule has 0 aliphatic rings. The average molecular weight is 531 g/mol. The highest BCUT2D eigenvalue weighted by Gasteiger charge is 2.06. The maximum absolute atomic E-state index is 6.01. The lowest BCUT2D eigenvalue weighted by Crippen LogP contribution is -2.15. The molecular formula is C35H50N2O2. The summed E-state index contributed by atoms with van der Waals surface area (Å²) in [5.41, 5.74) is 4.61. The van der Waals surface area contributed by atoms with E-state index in [0.717, 1.165) is 43.2 Å². The molecule has 0 aliphatic carbocycles. The second-order valence-electron chi connectivity index (χ2n) is 10.9. The normalized spacial score (nSPS) is 12.0. The lowest BCUT2D eigenvalue weighted by atomic mass is 10.0. The van der Waals surface area contributed by atoms with Gasteiger partial charge in [0.2, 0.25) is 0 Å². The number of nitrogens with zero attached hydrogens (tertiary/aromatic N) is 2. The molecular weight excluding hydrogens is 480 g/mol. The molecule has 0 amide bonds. The minimum atomic E-state index is 0.374. The fourth-order valence-corrected chi connectivity index (χ4v) is 4.68. The molecule has 0 fully saturated rings. The number of aryl methyl sites for hydroxylation is 1. The van der Waals surface area contributed by atoms with Gasteiger partial charge in [-0.05, 0) is 48.1 Å². The first-order valence-electron chi connectivity index (χ1n) is 15.4. The van der Waals surface area contributed by atoms with Crippen molar-refractivity contribution in [3.05, 3.63) is 66.5 Å². The third-order valence-electron chi connectivity index (χ3n) is 7.18. The van der Waals surface area contributed by atoms with Gasteiger partial charge in [-0.1, -0.05) is 115 Å². The maximum Gasteiger partial charge on any atom is 0.159 e. The van der Waals surface area contributed by atoms with E-state index in [1.807, 2.05) is 12.4 Å². The van der Waals surface area contributed by atoms with Crippen LogP contribution in [0.4, 0.5) is 0 Å². The zero-order chi connectivity index (χ0) is 27.5. The van der Waals surface area contributed by atoms with Crippen molar-refractivity contribution in [2.45, 2.75) is 97.8 Å². The summed E-state index contributed by atoms with van der Waals surface area (Å²) in [6, 6.07) is 16.8. The second kappa shape index (κ2) is 18.5. The van der Waals surface area contributed by atoms with E-state index >= 15 is 0 Å². The van der Waals surface area contributed by atoms with Gasteiger partial charge in [0.1, 0.15) is 5.75 Å². The average Bonchev–Trinajstić information content (AvgIpc) is 2.98. The second-order valence-corrected chi connectivity index (χ2v) is 10.9. The number of unbranched alkanes of at least 4 members (excludes halogenated alkanes) is 9. The van der Waals surface area contributed by atoms with Crippen LogP contribution in [0.25, 0.3) is 22.5 Å². The summed E-state index contributed by atoms with van der Waals surface area (Å²) in [6.45, 7) is 8.98. The number of hydrogen-bond acceptors (Lipinski definition) is 4. The van der Waals surface area contributed by atoms with Crippen molar-refractivity contribution in [3.63, 3.8) is 0 Å².